The highest BCUT2D eigenvalue weighted by Crippen LogP contribution is 2.19. The molecule has 52 valence electrons. The van der Waals surface area contributed by atoms with Gasteiger partial charge in [-0.1, -0.05) is 0 Å². The van der Waals surface area contributed by atoms with E-state index in [1.165, 1.54) is 0 Å². The SMILES string of the molecule is [CH]C1O[C@H](C)[C@H](O)C1O. The maximum Gasteiger partial charge on any atom is 0.109 e. The molecule has 9 heavy (non-hydrogen) atoms. The summed E-state index contributed by atoms with van der Waals surface area (Å²) in [6, 6.07) is 0. The highest BCUT2D eigenvalue weighted by molar-refractivity contribution is 4.89. The van der Waals surface area contributed by atoms with E-state index in [0.29, 0.717) is 0 Å². The van der Waals surface area contributed by atoms with Crippen LogP contribution in [0.4, 0.5) is 0 Å². The first-order valence-corrected chi connectivity index (χ1v) is 2.90. The van der Waals surface area contributed by atoms with Crippen LogP contribution in [-0.4, -0.2) is 34.6 Å². The van der Waals surface area contributed by atoms with Gasteiger partial charge in [-0.05, 0) is 13.8 Å². The van der Waals surface area contributed by atoms with E-state index in [9.17, 15) is 0 Å². The van der Waals surface area contributed by atoms with Gasteiger partial charge in [0.1, 0.15) is 12.2 Å². The molecular formula is C6H10O3. The normalized spacial score (nSPS) is 52.0. The van der Waals surface area contributed by atoms with Crippen LogP contribution < -0.4 is 0 Å². The van der Waals surface area contributed by atoms with Crippen LogP contribution in [-0.2, 0) is 4.74 Å². The topological polar surface area (TPSA) is 49.7 Å². The zero-order valence-corrected chi connectivity index (χ0v) is 5.19. The summed E-state index contributed by atoms with van der Waals surface area (Å²) in [4.78, 5) is 0. The molecule has 1 fully saturated rings. The third-order valence-corrected chi connectivity index (χ3v) is 1.54. The highest BCUT2D eigenvalue weighted by atomic mass is 16.5. The van der Waals surface area contributed by atoms with Crippen molar-refractivity contribution in [2.45, 2.75) is 31.3 Å². The molecule has 3 heteroatoms. The molecule has 1 heterocycles. The molecule has 0 aromatic heterocycles. The maximum atomic E-state index is 8.98. The van der Waals surface area contributed by atoms with E-state index in [-0.39, 0.29) is 6.10 Å². The molecular weight excluding hydrogens is 120 g/mol. The molecule has 1 saturated heterocycles. The van der Waals surface area contributed by atoms with Crippen LogP contribution in [0.3, 0.4) is 0 Å². The van der Waals surface area contributed by atoms with E-state index in [1.807, 2.05) is 0 Å². The fraction of sp³-hybridized carbons (Fsp3) is 0.833. The van der Waals surface area contributed by atoms with Crippen LogP contribution >= 0.6 is 0 Å². The number of aliphatic hydroxyl groups is 2. The summed E-state index contributed by atoms with van der Waals surface area (Å²) in [5, 5.41) is 17.9. The summed E-state index contributed by atoms with van der Waals surface area (Å²) in [7, 11) is 0. The van der Waals surface area contributed by atoms with Crippen molar-refractivity contribution in [3.63, 3.8) is 0 Å². The van der Waals surface area contributed by atoms with E-state index in [0.717, 1.165) is 0 Å². The first-order chi connectivity index (χ1) is 4.13. The highest BCUT2D eigenvalue weighted by Gasteiger charge is 2.37. The van der Waals surface area contributed by atoms with E-state index in [4.69, 9.17) is 21.9 Å². The zero-order chi connectivity index (χ0) is 7.02. The summed E-state index contributed by atoms with van der Waals surface area (Å²) in [5.41, 5.74) is 0. The predicted octanol–water partition coefficient (Wildman–Crippen LogP) is -0.793. The Labute approximate surface area is 54.3 Å². The third kappa shape index (κ3) is 1.08. The Morgan fingerprint density at radius 1 is 1.33 bits per heavy atom. The summed E-state index contributed by atoms with van der Waals surface area (Å²) >= 11 is 0. The first kappa shape index (κ1) is 6.99. The lowest BCUT2D eigenvalue weighted by atomic mass is 10.1. The van der Waals surface area contributed by atoms with E-state index in [2.05, 4.69) is 0 Å². The summed E-state index contributed by atoms with van der Waals surface area (Å²) in [5.74, 6) is 0. The van der Waals surface area contributed by atoms with Crippen molar-refractivity contribution in [3.8, 4) is 0 Å². The lowest BCUT2D eigenvalue weighted by molar-refractivity contribution is 0.0316. The first-order valence-electron chi connectivity index (χ1n) is 2.90. The van der Waals surface area contributed by atoms with Crippen LogP contribution in [0.2, 0.25) is 0 Å². The Balaban J connectivity index is 2.54. The lowest BCUT2D eigenvalue weighted by Crippen LogP contribution is -2.30. The molecule has 0 saturated carbocycles. The molecule has 1 rings (SSSR count). The number of aliphatic hydroxyl groups excluding tert-OH is 2. The molecule has 0 bridgehead atoms. The minimum Gasteiger partial charge on any atom is -0.388 e. The second-order valence-electron chi connectivity index (χ2n) is 2.29. The third-order valence-electron chi connectivity index (χ3n) is 1.54. The quantitative estimate of drug-likeness (QED) is 0.451. The van der Waals surface area contributed by atoms with Gasteiger partial charge in [-0.25, -0.2) is 0 Å². The average molecular weight is 130 g/mol. The Bertz CT molecular complexity index is 92.5. The second-order valence-corrected chi connectivity index (χ2v) is 2.29. The molecule has 1 aliphatic heterocycles. The fourth-order valence-corrected chi connectivity index (χ4v) is 0.881. The van der Waals surface area contributed by atoms with E-state index >= 15 is 0 Å². The van der Waals surface area contributed by atoms with Crippen molar-refractivity contribution < 1.29 is 14.9 Å². The van der Waals surface area contributed by atoms with Gasteiger partial charge >= 0.3 is 0 Å². The molecule has 0 aromatic rings. The van der Waals surface area contributed by atoms with Gasteiger partial charge in [0.2, 0.25) is 0 Å². The molecule has 0 amide bonds. The molecule has 4 atom stereocenters. The average Bonchev–Trinajstić information content (AvgIpc) is 1.98. The van der Waals surface area contributed by atoms with Gasteiger partial charge in [-0.15, -0.1) is 0 Å². The molecule has 1 aliphatic rings. The fourth-order valence-electron chi connectivity index (χ4n) is 0.881. The summed E-state index contributed by atoms with van der Waals surface area (Å²) in [6.07, 6.45) is -2.84. The van der Waals surface area contributed by atoms with Crippen molar-refractivity contribution in [2.75, 3.05) is 0 Å². The predicted molar refractivity (Wildman–Crippen MR) is 30.6 cm³/mol. The molecule has 2 N–H and O–H groups in total. The zero-order valence-electron chi connectivity index (χ0n) is 5.19. The van der Waals surface area contributed by atoms with Crippen LogP contribution in [0.1, 0.15) is 6.92 Å². The monoisotopic (exact) mass is 130 g/mol. The Morgan fingerprint density at radius 3 is 2.00 bits per heavy atom. The van der Waals surface area contributed by atoms with Crippen LogP contribution in [0.5, 0.6) is 0 Å². The minimum atomic E-state index is -0.931. The second kappa shape index (κ2) is 2.25. The van der Waals surface area contributed by atoms with Crippen molar-refractivity contribution in [2.24, 2.45) is 0 Å². The van der Waals surface area contributed by atoms with Crippen molar-refractivity contribution in [3.05, 3.63) is 6.92 Å². The summed E-state index contributed by atoms with van der Waals surface area (Å²) < 4.78 is 4.86. The van der Waals surface area contributed by atoms with Gasteiger partial charge in [0, 0.05) is 0 Å². The maximum absolute atomic E-state index is 8.98. The Hall–Kier alpha value is -0.120. The van der Waals surface area contributed by atoms with Gasteiger partial charge in [-0.2, -0.15) is 0 Å². The van der Waals surface area contributed by atoms with Crippen molar-refractivity contribution >= 4 is 0 Å². The number of hydrogen-bond donors (Lipinski definition) is 2. The molecule has 0 spiro atoms. The number of ether oxygens (including phenoxy) is 1. The lowest BCUT2D eigenvalue weighted by Gasteiger charge is -2.08. The van der Waals surface area contributed by atoms with Crippen LogP contribution in [0.15, 0.2) is 0 Å². The molecule has 0 aromatic carbocycles. The Morgan fingerprint density at radius 2 is 1.89 bits per heavy atom. The number of rotatable bonds is 0. The standard InChI is InChI=1S/C6H10O3/c1-3-5(7)6(8)4(2)9-3/h1,3-8H,2H3/t3?,4-,5?,6+/m1/s1. The van der Waals surface area contributed by atoms with Gasteiger partial charge in [-0.3, -0.25) is 0 Å². The largest absolute Gasteiger partial charge is 0.388 e. The van der Waals surface area contributed by atoms with Crippen LogP contribution in [0.25, 0.3) is 0 Å². The molecule has 0 aliphatic carbocycles. The van der Waals surface area contributed by atoms with Gasteiger partial charge in [0.05, 0.1) is 12.2 Å². The van der Waals surface area contributed by atoms with Gasteiger partial charge < -0.3 is 14.9 Å². The molecule has 2 unspecified atom stereocenters. The minimum absolute atomic E-state index is 0.352. The smallest absolute Gasteiger partial charge is 0.109 e. The molecule has 2 radical (unpaired) electrons. The Kier molecular flexibility index (Phi) is 1.75. The summed E-state index contributed by atoms with van der Waals surface area (Å²) in [6.45, 7) is 6.89. The molecule has 3 nitrogen and oxygen atoms in total. The van der Waals surface area contributed by atoms with E-state index in [1.54, 1.807) is 6.92 Å². The van der Waals surface area contributed by atoms with E-state index < -0.39 is 18.3 Å². The van der Waals surface area contributed by atoms with Crippen molar-refractivity contribution in [1.82, 2.24) is 0 Å². The van der Waals surface area contributed by atoms with Crippen molar-refractivity contribution in [1.29, 1.82) is 0 Å². The number of hydrogen-bond acceptors (Lipinski definition) is 3. The van der Waals surface area contributed by atoms with Crippen LogP contribution in [0, 0.1) is 6.92 Å². The van der Waals surface area contributed by atoms with Gasteiger partial charge in [0.15, 0.2) is 0 Å². The van der Waals surface area contributed by atoms with Gasteiger partial charge in [0.25, 0.3) is 0 Å².